The molecule has 0 saturated heterocycles. The van der Waals surface area contributed by atoms with Crippen molar-refractivity contribution in [1.82, 2.24) is 9.78 Å². The molecule has 0 aliphatic carbocycles. The highest BCUT2D eigenvalue weighted by molar-refractivity contribution is 6.14. The monoisotopic (exact) mass is 288 g/mol. The number of furan rings is 1. The highest BCUT2D eigenvalue weighted by Crippen LogP contribution is 2.19. The Bertz CT molecular complexity index is 707. The number of Topliss-reactive ketones (excluding diaryl/α,β-unsaturated/α-hetero) is 2. The van der Waals surface area contributed by atoms with Gasteiger partial charge in [0.15, 0.2) is 11.6 Å². The first kappa shape index (κ1) is 15.2. The van der Waals surface area contributed by atoms with Crippen molar-refractivity contribution in [3.05, 3.63) is 40.1 Å². The third kappa shape index (κ3) is 2.82. The van der Waals surface area contributed by atoms with E-state index in [-0.39, 0.29) is 18.0 Å². The lowest BCUT2D eigenvalue weighted by Crippen LogP contribution is -2.11. The Morgan fingerprint density at radius 3 is 2.33 bits per heavy atom. The van der Waals surface area contributed by atoms with E-state index in [1.807, 2.05) is 13.8 Å². The highest BCUT2D eigenvalue weighted by Gasteiger charge is 2.23. The van der Waals surface area contributed by atoms with Gasteiger partial charge in [0.1, 0.15) is 11.5 Å². The summed E-state index contributed by atoms with van der Waals surface area (Å²) in [7, 11) is 0. The summed E-state index contributed by atoms with van der Waals surface area (Å²) in [5.41, 5.74) is 2.53. The molecule has 0 atom stereocenters. The van der Waals surface area contributed by atoms with Crippen molar-refractivity contribution < 1.29 is 14.0 Å². The SMILES string of the molecule is CCn1nc(C)c(C(=O)CC(=O)c2cc(C)oc2C)c1C. The number of carbonyl (C=O) groups excluding carboxylic acids is 2. The van der Waals surface area contributed by atoms with Crippen LogP contribution in [0.1, 0.15) is 57.0 Å². The number of ketones is 2. The van der Waals surface area contributed by atoms with Crippen molar-refractivity contribution in [1.29, 1.82) is 0 Å². The molecule has 2 heterocycles. The number of aromatic nitrogens is 2. The third-order valence-corrected chi connectivity index (χ3v) is 3.62. The van der Waals surface area contributed by atoms with E-state index >= 15 is 0 Å². The second kappa shape index (κ2) is 5.68. The van der Waals surface area contributed by atoms with E-state index in [4.69, 9.17) is 4.42 Å². The average Bonchev–Trinajstić information content (AvgIpc) is 2.88. The standard InChI is InChI=1S/C16H20N2O3/c1-6-18-11(4)16(10(3)17-18)15(20)8-14(19)13-7-9(2)21-12(13)5/h7H,6,8H2,1-5H3. The Morgan fingerprint density at radius 1 is 1.19 bits per heavy atom. The molecule has 5 nitrogen and oxygen atoms in total. The predicted molar refractivity (Wildman–Crippen MR) is 78.8 cm³/mol. The van der Waals surface area contributed by atoms with E-state index in [1.165, 1.54) is 0 Å². The van der Waals surface area contributed by atoms with Crippen LogP contribution in [0.4, 0.5) is 0 Å². The summed E-state index contributed by atoms with van der Waals surface area (Å²) in [5.74, 6) is 0.836. The summed E-state index contributed by atoms with van der Waals surface area (Å²) >= 11 is 0. The van der Waals surface area contributed by atoms with E-state index in [0.717, 1.165) is 5.69 Å². The number of carbonyl (C=O) groups is 2. The van der Waals surface area contributed by atoms with E-state index in [1.54, 1.807) is 31.5 Å². The molecular weight excluding hydrogens is 268 g/mol. The zero-order valence-corrected chi connectivity index (χ0v) is 13.1. The molecule has 5 heteroatoms. The molecule has 2 aromatic heterocycles. The van der Waals surface area contributed by atoms with Gasteiger partial charge < -0.3 is 4.42 Å². The quantitative estimate of drug-likeness (QED) is 0.626. The van der Waals surface area contributed by atoms with Crippen LogP contribution in [0.15, 0.2) is 10.5 Å². The van der Waals surface area contributed by atoms with Crippen LogP contribution in [0.5, 0.6) is 0 Å². The van der Waals surface area contributed by atoms with Crippen LogP contribution in [-0.2, 0) is 6.54 Å². The predicted octanol–water partition coefficient (Wildman–Crippen LogP) is 3.19. The van der Waals surface area contributed by atoms with Crippen LogP contribution in [-0.4, -0.2) is 21.3 Å². The number of aryl methyl sites for hydroxylation is 4. The van der Waals surface area contributed by atoms with E-state index in [0.29, 0.717) is 34.9 Å². The van der Waals surface area contributed by atoms with Gasteiger partial charge >= 0.3 is 0 Å². The van der Waals surface area contributed by atoms with Gasteiger partial charge in [-0.1, -0.05) is 0 Å². The molecule has 0 unspecified atom stereocenters. The molecule has 2 aromatic rings. The first-order chi connectivity index (χ1) is 9.85. The summed E-state index contributed by atoms with van der Waals surface area (Å²) in [4.78, 5) is 24.7. The molecule has 0 aliphatic heterocycles. The molecule has 0 fully saturated rings. The fourth-order valence-electron chi connectivity index (χ4n) is 2.65. The molecule has 0 amide bonds. The van der Waals surface area contributed by atoms with Crippen LogP contribution < -0.4 is 0 Å². The second-order valence-electron chi connectivity index (χ2n) is 5.21. The maximum Gasteiger partial charge on any atom is 0.174 e. The minimum Gasteiger partial charge on any atom is -0.466 e. The molecule has 0 aromatic carbocycles. The van der Waals surface area contributed by atoms with Gasteiger partial charge in [0, 0.05) is 12.2 Å². The second-order valence-corrected chi connectivity index (χ2v) is 5.21. The summed E-state index contributed by atoms with van der Waals surface area (Å²) in [6, 6.07) is 1.68. The summed E-state index contributed by atoms with van der Waals surface area (Å²) in [6.07, 6.45) is -0.156. The topological polar surface area (TPSA) is 65.1 Å². The molecule has 21 heavy (non-hydrogen) atoms. The van der Waals surface area contributed by atoms with Crippen LogP contribution in [0, 0.1) is 27.7 Å². The van der Waals surface area contributed by atoms with Crippen molar-refractivity contribution in [2.45, 2.75) is 47.6 Å². The number of hydrogen-bond donors (Lipinski definition) is 0. The normalized spacial score (nSPS) is 10.9. The minimum absolute atomic E-state index is 0.156. The first-order valence-electron chi connectivity index (χ1n) is 7.02. The molecule has 0 bridgehead atoms. The summed E-state index contributed by atoms with van der Waals surface area (Å²) in [6.45, 7) is 9.84. The molecule has 0 aliphatic rings. The van der Waals surface area contributed by atoms with E-state index < -0.39 is 0 Å². The molecule has 0 saturated carbocycles. The fraction of sp³-hybridized carbons (Fsp3) is 0.438. The van der Waals surface area contributed by atoms with Gasteiger partial charge in [0.2, 0.25) is 0 Å². The molecule has 2 rings (SSSR count). The van der Waals surface area contributed by atoms with Gasteiger partial charge in [-0.2, -0.15) is 5.10 Å². The Balaban J connectivity index is 2.24. The van der Waals surface area contributed by atoms with Gasteiger partial charge in [-0.3, -0.25) is 14.3 Å². The van der Waals surface area contributed by atoms with Crippen molar-refractivity contribution in [3.63, 3.8) is 0 Å². The number of rotatable bonds is 5. The molecule has 0 spiro atoms. The lowest BCUT2D eigenvalue weighted by molar-refractivity contribution is 0.0893. The summed E-state index contributed by atoms with van der Waals surface area (Å²) < 4.78 is 7.12. The van der Waals surface area contributed by atoms with Crippen LogP contribution in [0.3, 0.4) is 0 Å². The Hall–Kier alpha value is -2.17. The van der Waals surface area contributed by atoms with Gasteiger partial charge in [-0.05, 0) is 40.7 Å². The van der Waals surface area contributed by atoms with Gasteiger partial charge in [-0.25, -0.2) is 0 Å². The average molecular weight is 288 g/mol. The maximum absolute atomic E-state index is 12.4. The highest BCUT2D eigenvalue weighted by atomic mass is 16.3. The Morgan fingerprint density at radius 2 is 1.86 bits per heavy atom. The largest absolute Gasteiger partial charge is 0.466 e. The molecule has 0 radical (unpaired) electrons. The molecular formula is C16H20N2O3. The van der Waals surface area contributed by atoms with Crippen LogP contribution in [0.2, 0.25) is 0 Å². The van der Waals surface area contributed by atoms with Crippen molar-refractivity contribution >= 4 is 11.6 Å². The van der Waals surface area contributed by atoms with Crippen molar-refractivity contribution in [3.8, 4) is 0 Å². The molecule has 112 valence electrons. The van der Waals surface area contributed by atoms with Gasteiger partial charge in [0.25, 0.3) is 0 Å². The third-order valence-electron chi connectivity index (χ3n) is 3.62. The fourth-order valence-corrected chi connectivity index (χ4v) is 2.65. The minimum atomic E-state index is -0.211. The zero-order valence-electron chi connectivity index (χ0n) is 13.1. The van der Waals surface area contributed by atoms with Crippen molar-refractivity contribution in [2.75, 3.05) is 0 Å². The van der Waals surface area contributed by atoms with E-state index in [2.05, 4.69) is 5.10 Å². The molecule has 0 N–H and O–H groups in total. The Labute approximate surface area is 123 Å². The van der Waals surface area contributed by atoms with Crippen molar-refractivity contribution in [2.24, 2.45) is 0 Å². The van der Waals surface area contributed by atoms with Crippen LogP contribution in [0.25, 0.3) is 0 Å². The zero-order chi connectivity index (χ0) is 15.7. The van der Waals surface area contributed by atoms with Gasteiger partial charge in [-0.15, -0.1) is 0 Å². The first-order valence-corrected chi connectivity index (χ1v) is 7.02. The van der Waals surface area contributed by atoms with Gasteiger partial charge in [0.05, 0.1) is 23.2 Å². The number of hydrogen-bond acceptors (Lipinski definition) is 4. The maximum atomic E-state index is 12.4. The summed E-state index contributed by atoms with van der Waals surface area (Å²) in [5, 5.41) is 4.32. The lowest BCUT2D eigenvalue weighted by atomic mass is 10.0. The lowest BCUT2D eigenvalue weighted by Gasteiger charge is -2.02. The Kier molecular flexibility index (Phi) is 4.11. The number of nitrogens with zero attached hydrogens (tertiary/aromatic N) is 2. The van der Waals surface area contributed by atoms with E-state index in [9.17, 15) is 9.59 Å². The van der Waals surface area contributed by atoms with Crippen LogP contribution >= 0.6 is 0 Å². The smallest absolute Gasteiger partial charge is 0.174 e.